The highest BCUT2D eigenvalue weighted by molar-refractivity contribution is 5.93. The molecule has 2 aromatic carbocycles. The van der Waals surface area contributed by atoms with Crippen LogP contribution in [0.5, 0.6) is 5.88 Å². The van der Waals surface area contributed by atoms with Crippen LogP contribution in [0.4, 0.5) is 4.39 Å². The van der Waals surface area contributed by atoms with Crippen LogP contribution in [-0.4, -0.2) is 31.9 Å². The highest BCUT2D eigenvalue weighted by Crippen LogP contribution is 2.25. The van der Waals surface area contributed by atoms with E-state index in [0.29, 0.717) is 5.56 Å². The zero-order valence-corrected chi connectivity index (χ0v) is 15.9. The number of carbonyl (C=O) groups is 2. The van der Waals surface area contributed by atoms with Gasteiger partial charge in [-0.15, -0.1) is 0 Å². The lowest BCUT2D eigenvalue weighted by Crippen LogP contribution is -2.31. The number of aliphatic carboxylic acids is 1. The zero-order valence-electron chi connectivity index (χ0n) is 15.9. The molecule has 7 nitrogen and oxygen atoms in total. The molecule has 0 aliphatic heterocycles. The third-order valence-electron chi connectivity index (χ3n) is 4.71. The molecule has 0 aliphatic carbocycles. The molecule has 1 aromatic heterocycles. The van der Waals surface area contributed by atoms with Crippen LogP contribution in [0, 0.1) is 19.7 Å². The number of hydrogen-bond donors (Lipinski definition) is 3. The summed E-state index contributed by atoms with van der Waals surface area (Å²) in [5, 5.41) is 26.0. The van der Waals surface area contributed by atoms with Crippen LogP contribution in [0.3, 0.4) is 0 Å². The predicted molar refractivity (Wildman–Crippen MR) is 104 cm³/mol. The first-order chi connectivity index (χ1) is 13.8. The van der Waals surface area contributed by atoms with Gasteiger partial charge in [0.25, 0.3) is 5.91 Å². The van der Waals surface area contributed by atoms with Crippen molar-refractivity contribution >= 4 is 11.9 Å². The van der Waals surface area contributed by atoms with Gasteiger partial charge >= 0.3 is 5.97 Å². The number of aromatic hydroxyl groups is 1. The van der Waals surface area contributed by atoms with Crippen LogP contribution in [0.1, 0.15) is 39.6 Å². The number of amides is 1. The molecule has 3 rings (SSSR count). The number of benzene rings is 2. The molecule has 150 valence electrons. The summed E-state index contributed by atoms with van der Waals surface area (Å²) in [6, 6.07) is 11.4. The van der Waals surface area contributed by atoms with E-state index in [1.165, 1.54) is 18.2 Å². The van der Waals surface area contributed by atoms with E-state index in [4.69, 9.17) is 0 Å². The summed E-state index contributed by atoms with van der Waals surface area (Å²) in [7, 11) is 0. The molecule has 1 heterocycles. The second-order valence-electron chi connectivity index (χ2n) is 6.66. The largest absolute Gasteiger partial charge is 0.493 e. The lowest BCUT2D eigenvalue weighted by atomic mass is 9.95. The second-order valence-corrected chi connectivity index (χ2v) is 6.66. The number of para-hydroxylation sites is 1. The van der Waals surface area contributed by atoms with Crippen molar-refractivity contribution in [3.05, 3.63) is 76.7 Å². The molecular formula is C21H20FN3O4. The molecule has 0 spiro atoms. The van der Waals surface area contributed by atoms with Gasteiger partial charge in [-0.1, -0.05) is 30.3 Å². The van der Waals surface area contributed by atoms with E-state index in [-0.39, 0.29) is 17.8 Å². The van der Waals surface area contributed by atoms with Crippen molar-refractivity contribution < 1.29 is 24.2 Å². The Morgan fingerprint density at radius 2 is 1.90 bits per heavy atom. The summed E-state index contributed by atoms with van der Waals surface area (Å²) >= 11 is 0. The number of hydrogen-bond acceptors (Lipinski definition) is 4. The van der Waals surface area contributed by atoms with Crippen LogP contribution in [-0.2, 0) is 4.79 Å². The second kappa shape index (κ2) is 8.14. The summed E-state index contributed by atoms with van der Waals surface area (Å²) in [5.74, 6) is -2.78. The summed E-state index contributed by atoms with van der Waals surface area (Å²) in [5.41, 5.74) is 2.35. The maximum atomic E-state index is 14.0. The number of carboxylic acid groups (broad SMARTS) is 1. The average Bonchev–Trinajstić information content (AvgIpc) is 3.05. The van der Waals surface area contributed by atoms with Crippen molar-refractivity contribution in [3.63, 3.8) is 0 Å². The smallest absolute Gasteiger partial charge is 0.305 e. The number of nitrogens with zero attached hydrogens (tertiary/aromatic N) is 2. The fourth-order valence-electron chi connectivity index (χ4n) is 3.08. The SMILES string of the molecule is Cc1cccc(C(CC(=O)O)NC(=O)c2cc(O)n(-c3ccccc3F)n2)c1C. The number of aromatic nitrogens is 2. The number of rotatable bonds is 6. The Kier molecular flexibility index (Phi) is 5.63. The lowest BCUT2D eigenvalue weighted by Gasteiger charge is -2.20. The van der Waals surface area contributed by atoms with Crippen molar-refractivity contribution in [2.45, 2.75) is 26.3 Å². The zero-order chi connectivity index (χ0) is 21.1. The van der Waals surface area contributed by atoms with Crippen LogP contribution in [0.2, 0.25) is 0 Å². The molecule has 29 heavy (non-hydrogen) atoms. The molecule has 1 atom stereocenters. The summed E-state index contributed by atoms with van der Waals surface area (Å²) in [4.78, 5) is 24.0. The van der Waals surface area contributed by atoms with Gasteiger partial charge in [-0.05, 0) is 42.7 Å². The number of halogens is 1. The van der Waals surface area contributed by atoms with Gasteiger partial charge < -0.3 is 15.5 Å². The van der Waals surface area contributed by atoms with E-state index >= 15 is 0 Å². The highest BCUT2D eigenvalue weighted by atomic mass is 19.1. The fraction of sp³-hybridized carbons (Fsp3) is 0.190. The fourth-order valence-corrected chi connectivity index (χ4v) is 3.08. The third kappa shape index (κ3) is 4.26. The molecule has 1 unspecified atom stereocenters. The third-order valence-corrected chi connectivity index (χ3v) is 4.71. The maximum absolute atomic E-state index is 14.0. The quantitative estimate of drug-likeness (QED) is 0.592. The molecule has 8 heteroatoms. The van der Waals surface area contributed by atoms with E-state index in [1.807, 2.05) is 19.9 Å². The Morgan fingerprint density at radius 3 is 2.59 bits per heavy atom. The van der Waals surface area contributed by atoms with Gasteiger partial charge in [-0.2, -0.15) is 9.78 Å². The molecule has 0 radical (unpaired) electrons. The molecule has 3 aromatic rings. The molecule has 1 amide bonds. The standard InChI is InChI=1S/C21H20FN3O4/c1-12-6-5-7-14(13(12)2)16(11-20(27)28)23-21(29)17-10-19(26)25(24-17)18-9-4-3-8-15(18)22/h3-10,16,26H,11H2,1-2H3,(H,23,29)(H,27,28). The van der Waals surface area contributed by atoms with Crippen molar-refractivity contribution in [2.24, 2.45) is 0 Å². The van der Waals surface area contributed by atoms with Gasteiger partial charge in [-0.25, -0.2) is 4.39 Å². The van der Waals surface area contributed by atoms with Gasteiger partial charge in [0.1, 0.15) is 11.5 Å². The molecule has 0 fully saturated rings. The first-order valence-electron chi connectivity index (χ1n) is 8.90. The van der Waals surface area contributed by atoms with Gasteiger partial charge in [0.15, 0.2) is 5.69 Å². The summed E-state index contributed by atoms with van der Waals surface area (Å²) < 4.78 is 14.9. The Labute approximate surface area is 166 Å². The minimum atomic E-state index is -1.07. The van der Waals surface area contributed by atoms with Crippen LogP contribution >= 0.6 is 0 Å². The normalized spacial score (nSPS) is 11.8. The minimum Gasteiger partial charge on any atom is -0.493 e. The molecule has 0 bridgehead atoms. The summed E-state index contributed by atoms with van der Waals surface area (Å²) in [6.45, 7) is 3.75. The first kappa shape index (κ1) is 20.1. The number of carboxylic acids is 1. The molecule has 0 saturated carbocycles. The van der Waals surface area contributed by atoms with Crippen LogP contribution in [0.15, 0.2) is 48.5 Å². The number of nitrogens with one attached hydrogen (secondary N) is 1. The topological polar surface area (TPSA) is 104 Å². The van der Waals surface area contributed by atoms with Gasteiger partial charge in [-0.3, -0.25) is 9.59 Å². The van der Waals surface area contributed by atoms with E-state index in [9.17, 15) is 24.2 Å². The Balaban J connectivity index is 1.91. The van der Waals surface area contributed by atoms with Gasteiger partial charge in [0.05, 0.1) is 12.5 Å². The van der Waals surface area contributed by atoms with Crippen LogP contribution in [0.25, 0.3) is 5.69 Å². The Morgan fingerprint density at radius 1 is 1.17 bits per heavy atom. The molecule has 0 saturated heterocycles. The highest BCUT2D eigenvalue weighted by Gasteiger charge is 2.23. The number of aryl methyl sites for hydroxylation is 1. The maximum Gasteiger partial charge on any atom is 0.305 e. The van der Waals surface area contributed by atoms with E-state index in [0.717, 1.165) is 21.9 Å². The number of carbonyl (C=O) groups excluding carboxylic acids is 1. The lowest BCUT2D eigenvalue weighted by molar-refractivity contribution is -0.137. The van der Waals surface area contributed by atoms with E-state index < -0.39 is 29.6 Å². The first-order valence-corrected chi connectivity index (χ1v) is 8.90. The van der Waals surface area contributed by atoms with Crippen molar-refractivity contribution in [1.82, 2.24) is 15.1 Å². The van der Waals surface area contributed by atoms with Crippen molar-refractivity contribution in [1.29, 1.82) is 0 Å². The molecule has 0 aliphatic rings. The summed E-state index contributed by atoms with van der Waals surface area (Å²) in [6.07, 6.45) is -0.323. The van der Waals surface area contributed by atoms with Gasteiger partial charge in [0, 0.05) is 6.07 Å². The molecule has 3 N–H and O–H groups in total. The Hall–Kier alpha value is -3.68. The van der Waals surface area contributed by atoms with Crippen molar-refractivity contribution in [3.8, 4) is 11.6 Å². The Bertz CT molecular complexity index is 1080. The average molecular weight is 397 g/mol. The van der Waals surface area contributed by atoms with E-state index in [1.54, 1.807) is 18.2 Å². The van der Waals surface area contributed by atoms with E-state index in [2.05, 4.69) is 10.4 Å². The predicted octanol–water partition coefficient (Wildman–Crippen LogP) is 3.28. The van der Waals surface area contributed by atoms with Gasteiger partial charge in [0.2, 0.25) is 5.88 Å². The minimum absolute atomic E-state index is 0.0133. The molecular weight excluding hydrogens is 377 g/mol. The monoisotopic (exact) mass is 397 g/mol. The van der Waals surface area contributed by atoms with Crippen molar-refractivity contribution in [2.75, 3.05) is 0 Å². The van der Waals surface area contributed by atoms with Crippen LogP contribution < -0.4 is 5.32 Å².